The van der Waals surface area contributed by atoms with Crippen molar-refractivity contribution in [1.82, 2.24) is 5.32 Å². The summed E-state index contributed by atoms with van der Waals surface area (Å²) in [6, 6.07) is 3.46. The molecule has 1 amide bonds. The summed E-state index contributed by atoms with van der Waals surface area (Å²) in [5, 5.41) is 2.77. The summed E-state index contributed by atoms with van der Waals surface area (Å²) in [6.07, 6.45) is 0. The number of carbonyl (C=O) groups excluding carboxylic acids is 1. The molecule has 0 bridgehead atoms. The molecule has 0 aliphatic carbocycles. The largest absolute Gasteiger partial charge is 0.351 e. The van der Waals surface area contributed by atoms with Gasteiger partial charge >= 0.3 is 0 Å². The van der Waals surface area contributed by atoms with Crippen LogP contribution in [0.2, 0.25) is 4.34 Å². The van der Waals surface area contributed by atoms with Crippen molar-refractivity contribution in [1.29, 1.82) is 0 Å². The van der Waals surface area contributed by atoms with E-state index in [1.54, 1.807) is 12.1 Å². The van der Waals surface area contributed by atoms with Gasteiger partial charge < -0.3 is 5.32 Å². The maximum absolute atomic E-state index is 11.3. The molecule has 0 aliphatic rings. The van der Waals surface area contributed by atoms with Crippen LogP contribution in [0.4, 0.5) is 0 Å². The van der Waals surface area contributed by atoms with Crippen molar-refractivity contribution in [2.75, 3.05) is 11.0 Å². The molecule has 0 aliphatic heterocycles. The van der Waals surface area contributed by atoms with Gasteiger partial charge in [0, 0.05) is 11.0 Å². The zero-order valence-corrected chi connectivity index (χ0v) is 9.87. The van der Waals surface area contributed by atoms with E-state index >= 15 is 0 Å². The number of halogens is 2. The van der Waals surface area contributed by atoms with Crippen molar-refractivity contribution >= 4 is 51.4 Å². The number of carbonyl (C=O) groups is 1. The number of amides is 1. The second kappa shape index (κ2) is 5.04. The number of alkyl halides is 1. The molecule has 1 heterocycles. The third-order valence-electron chi connectivity index (χ3n) is 1.18. The van der Waals surface area contributed by atoms with Crippen molar-refractivity contribution in [3.63, 3.8) is 0 Å². The van der Waals surface area contributed by atoms with Crippen molar-refractivity contribution in [3.05, 3.63) is 21.3 Å². The van der Waals surface area contributed by atoms with Crippen LogP contribution in [0.5, 0.6) is 0 Å². The Morgan fingerprint density at radius 3 is 2.92 bits per heavy atom. The van der Waals surface area contributed by atoms with Gasteiger partial charge in [0.05, 0.1) is 9.21 Å². The van der Waals surface area contributed by atoms with E-state index in [1.807, 2.05) is 0 Å². The Labute approximate surface area is 93.4 Å². The quantitative estimate of drug-likeness (QED) is 0.674. The highest BCUT2D eigenvalue weighted by Crippen LogP contribution is 2.20. The van der Waals surface area contributed by atoms with Crippen molar-refractivity contribution in [2.24, 2.45) is 0 Å². The lowest BCUT2D eigenvalue weighted by Crippen LogP contribution is -2.24. The average molecular weight is 316 g/mol. The fourth-order valence-corrected chi connectivity index (χ4v) is 1.91. The minimum Gasteiger partial charge on any atom is -0.351 e. The zero-order valence-electron chi connectivity index (χ0n) is 6.14. The Morgan fingerprint density at radius 2 is 2.42 bits per heavy atom. The smallest absolute Gasteiger partial charge is 0.261 e. The van der Waals surface area contributed by atoms with Crippen molar-refractivity contribution < 1.29 is 4.79 Å². The molecule has 0 spiro atoms. The molecule has 1 rings (SSSR count). The molecule has 1 aromatic heterocycles. The van der Waals surface area contributed by atoms with Crippen LogP contribution in [0.1, 0.15) is 9.67 Å². The number of nitrogens with one attached hydrogen (secondary N) is 1. The Kier molecular flexibility index (Phi) is 4.31. The fourth-order valence-electron chi connectivity index (χ4n) is 0.684. The average Bonchev–Trinajstić information content (AvgIpc) is 2.47. The maximum Gasteiger partial charge on any atom is 0.261 e. The molecular formula is C7H7ClINOS. The highest BCUT2D eigenvalue weighted by atomic mass is 127. The van der Waals surface area contributed by atoms with Gasteiger partial charge in [-0.25, -0.2) is 0 Å². The summed E-state index contributed by atoms with van der Waals surface area (Å²) in [4.78, 5) is 11.9. The van der Waals surface area contributed by atoms with E-state index in [0.29, 0.717) is 15.8 Å². The number of thiophene rings is 1. The summed E-state index contributed by atoms with van der Waals surface area (Å²) >= 11 is 9.18. The van der Waals surface area contributed by atoms with E-state index < -0.39 is 0 Å². The molecule has 1 N–H and O–H groups in total. The molecule has 12 heavy (non-hydrogen) atoms. The first-order chi connectivity index (χ1) is 5.74. The lowest BCUT2D eigenvalue weighted by Gasteiger charge is -1.98. The molecular weight excluding hydrogens is 309 g/mol. The zero-order chi connectivity index (χ0) is 8.97. The predicted molar refractivity (Wildman–Crippen MR) is 60.5 cm³/mol. The molecule has 0 radical (unpaired) electrons. The highest BCUT2D eigenvalue weighted by molar-refractivity contribution is 14.1. The number of hydrogen-bond donors (Lipinski definition) is 1. The molecule has 66 valence electrons. The van der Waals surface area contributed by atoms with Gasteiger partial charge in [0.2, 0.25) is 0 Å². The topological polar surface area (TPSA) is 29.1 Å². The third-order valence-corrected chi connectivity index (χ3v) is 2.95. The van der Waals surface area contributed by atoms with Crippen molar-refractivity contribution in [3.8, 4) is 0 Å². The first-order valence-electron chi connectivity index (χ1n) is 3.33. The summed E-state index contributed by atoms with van der Waals surface area (Å²) in [5.74, 6) is -0.0384. The summed E-state index contributed by atoms with van der Waals surface area (Å²) in [5.41, 5.74) is 0. The Balaban J connectivity index is 2.53. The van der Waals surface area contributed by atoms with Gasteiger partial charge in [0.1, 0.15) is 0 Å². The number of hydrogen-bond acceptors (Lipinski definition) is 2. The maximum atomic E-state index is 11.3. The first kappa shape index (κ1) is 10.3. The van der Waals surface area contributed by atoms with Crippen LogP contribution in [0.25, 0.3) is 0 Å². The van der Waals surface area contributed by atoms with E-state index in [9.17, 15) is 4.79 Å². The van der Waals surface area contributed by atoms with Crippen LogP contribution >= 0.6 is 45.5 Å². The molecule has 0 saturated heterocycles. The van der Waals surface area contributed by atoms with Gasteiger partial charge in [-0.3, -0.25) is 4.79 Å². The molecule has 2 nitrogen and oxygen atoms in total. The second-order valence-electron chi connectivity index (χ2n) is 2.05. The normalized spacial score (nSPS) is 9.83. The molecule has 0 saturated carbocycles. The lowest BCUT2D eigenvalue weighted by molar-refractivity contribution is 0.0960. The second-order valence-corrected chi connectivity index (χ2v) is 4.84. The molecule has 1 aromatic rings. The van der Waals surface area contributed by atoms with E-state index in [1.165, 1.54) is 11.3 Å². The molecule has 0 atom stereocenters. The van der Waals surface area contributed by atoms with Crippen LogP contribution in [0.3, 0.4) is 0 Å². The molecule has 0 fully saturated rings. The summed E-state index contributed by atoms with van der Waals surface area (Å²) < 4.78 is 1.57. The van der Waals surface area contributed by atoms with Gasteiger partial charge in [0.15, 0.2) is 0 Å². The van der Waals surface area contributed by atoms with Gasteiger partial charge in [-0.15, -0.1) is 11.3 Å². The molecule has 0 aromatic carbocycles. The van der Waals surface area contributed by atoms with E-state index in [4.69, 9.17) is 11.6 Å². The Hall–Kier alpha value is 0.190. The van der Waals surface area contributed by atoms with E-state index in [-0.39, 0.29) is 5.91 Å². The molecule has 5 heteroatoms. The van der Waals surface area contributed by atoms with Crippen LogP contribution < -0.4 is 5.32 Å². The third kappa shape index (κ3) is 2.91. The Bertz CT molecular complexity index is 276. The van der Waals surface area contributed by atoms with Crippen LogP contribution in [-0.4, -0.2) is 16.9 Å². The minimum atomic E-state index is -0.0384. The van der Waals surface area contributed by atoms with Crippen LogP contribution in [-0.2, 0) is 0 Å². The lowest BCUT2D eigenvalue weighted by atomic mass is 10.4. The molecule has 0 unspecified atom stereocenters. The highest BCUT2D eigenvalue weighted by Gasteiger charge is 2.06. The van der Waals surface area contributed by atoms with E-state index in [2.05, 4.69) is 27.9 Å². The van der Waals surface area contributed by atoms with E-state index in [0.717, 1.165) is 4.43 Å². The minimum absolute atomic E-state index is 0.0384. The summed E-state index contributed by atoms with van der Waals surface area (Å²) in [7, 11) is 0. The van der Waals surface area contributed by atoms with Gasteiger partial charge in [0.25, 0.3) is 5.91 Å². The SMILES string of the molecule is O=C(NCCI)c1ccc(Cl)s1. The van der Waals surface area contributed by atoms with Crippen molar-refractivity contribution in [2.45, 2.75) is 0 Å². The Morgan fingerprint density at radius 1 is 1.67 bits per heavy atom. The van der Waals surface area contributed by atoms with Gasteiger partial charge in [-0.2, -0.15) is 0 Å². The van der Waals surface area contributed by atoms with Gasteiger partial charge in [-0.1, -0.05) is 34.2 Å². The first-order valence-corrected chi connectivity index (χ1v) is 6.05. The van der Waals surface area contributed by atoms with Crippen LogP contribution in [0.15, 0.2) is 12.1 Å². The fraction of sp³-hybridized carbons (Fsp3) is 0.286. The monoisotopic (exact) mass is 315 g/mol. The summed E-state index contributed by atoms with van der Waals surface area (Å²) in [6.45, 7) is 0.703. The van der Waals surface area contributed by atoms with Crippen LogP contribution in [0, 0.1) is 0 Å². The van der Waals surface area contributed by atoms with Gasteiger partial charge in [-0.05, 0) is 12.1 Å². The predicted octanol–water partition coefficient (Wildman–Crippen LogP) is 2.57. The standard InChI is InChI=1S/C7H7ClINOS/c8-6-2-1-5(12-6)7(11)10-4-3-9/h1-2H,3-4H2,(H,10,11). The number of rotatable bonds is 3.